The number of carbonyl (C=O) groups excluding carboxylic acids is 1. The van der Waals surface area contributed by atoms with Crippen molar-refractivity contribution in [2.75, 3.05) is 13.1 Å². The Bertz CT molecular complexity index is 1310. The lowest BCUT2D eigenvalue weighted by atomic mass is 10.0. The summed E-state index contributed by atoms with van der Waals surface area (Å²) in [4.78, 5) is 23.9. The topological polar surface area (TPSA) is 82.0 Å². The Hall–Kier alpha value is -3.26. The first kappa shape index (κ1) is 19.7. The number of imidazole rings is 1. The molecule has 160 valence electrons. The Kier molecular flexibility index (Phi) is 4.74. The molecular formula is C23H25FN6O. The van der Waals surface area contributed by atoms with Crippen LogP contribution in [0.4, 0.5) is 4.39 Å². The first-order valence-electron chi connectivity index (χ1n) is 10.6. The number of halogens is 1. The molecule has 0 bridgehead atoms. The molecule has 2 N–H and O–H groups in total. The first-order chi connectivity index (χ1) is 15.0. The highest BCUT2D eigenvalue weighted by Crippen LogP contribution is 2.31. The molecule has 1 saturated heterocycles. The van der Waals surface area contributed by atoms with E-state index in [1.54, 1.807) is 28.8 Å². The SMILES string of the molecule is CCn1c(-c2nc3cc(C(=O)N4CCCC(N)C4)cc(F)c3n2C)cc2cccnc21. The molecule has 1 unspecified atom stereocenters. The number of amides is 1. The molecule has 31 heavy (non-hydrogen) atoms. The van der Waals surface area contributed by atoms with Gasteiger partial charge in [-0.3, -0.25) is 4.79 Å². The summed E-state index contributed by atoms with van der Waals surface area (Å²) in [6.07, 6.45) is 3.53. The van der Waals surface area contributed by atoms with Gasteiger partial charge in [0.2, 0.25) is 0 Å². The number of nitrogens with two attached hydrogens (primary N) is 1. The van der Waals surface area contributed by atoms with Crippen molar-refractivity contribution in [3.8, 4) is 11.5 Å². The second-order valence-electron chi connectivity index (χ2n) is 8.16. The van der Waals surface area contributed by atoms with Gasteiger partial charge < -0.3 is 19.8 Å². The number of carbonyl (C=O) groups is 1. The maximum absolute atomic E-state index is 15.2. The molecular weight excluding hydrogens is 395 g/mol. The molecule has 1 aliphatic rings. The summed E-state index contributed by atoms with van der Waals surface area (Å²) < 4.78 is 19.0. The molecule has 1 fully saturated rings. The number of nitrogens with zero attached hydrogens (tertiary/aromatic N) is 5. The van der Waals surface area contributed by atoms with Gasteiger partial charge in [-0.25, -0.2) is 14.4 Å². The molecule has 1 amide bonds. The Labute approximate surface area is 179 Å². The van der Waals surface area contributed by atoms with Crippen LogP contribution < -0.4 is 5.73 Å². The van der Waals surface area contributed by atoms with Crippen molar-refractivity contribution in [2.45, 2.75) is 32.4 Å². The van der Waals surface area contributed by atoms with Crippen molar-refractivity contribution in [1.82, 2.24) is 24.0 Å². The van der Waals surface area contributed by atoms with Crippen molar-refractivity contribution < 1.29 is 9.18 Å². The third-order valence-electron chi connectivity index (χ3n) is 6.12. The van der Waals surface area contributed by atoms with Crippen molar-refractivity contribution in [1.29, 1.82) is 0 Å². The van der Waals surface area contributed by atoms with Gasteiger partial charge in [-0.1, -0.05) is 0 Å². The van der Waals surface area contributed by atoms with E-state index < -0.39 is 5.82 Å². The fourth-order valence-electron chi connectivity index (χ4n) is 4.62. The summed E-state index contributed by atoms with van der Waals surface area (Å²) in [5.74, 6) is -0.0194. The maximum atomic E-state index is 15.2. The molecule has 4 aromatic rings. The molecule has 5 rings (SSSR count). The summed E-state index contributed by atoms with van der Waals surface area (Å²) in [5.41, 5.74) is 8.89. The minimum atomic E-state index is -0.458. The number of pyridine rings is 1. The summed E-state index contributed by atoms with van der Waals surface area (Å²) in [7, 11) is 1.80. The van der Waals surface area contributed by atoms with Gasteiger partial charge in [-0.15, -0.1) is 0 Å². The highest BCUT2D eigenvalue weighted by Gasteiger charge is 2.25. The maximum Gasteiger partial charge on any atom is 0.254 e. The normalized spacial score (nSPS) is 17.0. The summed E-state index contributed by atoms with van der Waals surface area (Å²) in [6.45, 7) is 3.89. The number of piperidine rings is 1. The van der Waals surface area contributed by atoms with Gasteiger partial charge in [-0.2, -0.15) is 0 Å². The van der Waals surface area contributed by atoms with Gasteiger partial charge in [0, 0.05) is 49.9 Å². The van der Waals surface area contributed by atoms with Crippen LogP contribution in [-0.2, 0) is 13.6 Å². The van der Waals surface area contributed by atoms with E-state index in [-0.39, 0.29) is 11.9 Å². The molecule has 4 heterocycles. The number of aromatic nitrogens is 4. The van der Waals surface area contributed by atoms with Crippen molar-refractivity contribution in [2.24, 2.45) is 12.8 Å². The molecule has 3 aromatic heterocycles. The molecule has 0 aliphatic carbocycles. The van der Waals surface area contributed by atoms with Gasteiger partial charge >= 0.3 is 0 Å². The van der Waals surface area contributed by atoms with Crippen molar-refractivity contribution >= 4 is 28.0 Å². The summed E-state index contributed by atoms with van der Waals surface area (Å²) >= 11 is 0. The van der Waals surface area contributed by atoms with Gasteiger partial charge in [0.15, 0.2) is 5.82 Å². The molecule has 7 nitrogen and oxygen atoms in total. The highest BCUT2D eigenvalue weighted by atomic mass is 19.1. The number of likely N-dealkylation sites (tertiary alicyclic amines) is 1. The van der Waals surface area contributed by atoms with Gasteiger partial charge in [0.25, 0.3) is 5.91 Å². The summed E-state index contributed by atoms with van der Waals surface area (Å²) in [5, 5.41) is 1.00. The Balaban J connectivity index is 1.62. The van der Waals surface area contributed by atoms with Crippen LogP contribution in [0.1, 0.15) is 30.1 Å². The Morgan fingerprint density at radius 1 is 1.32 bits per heavy atom. The third-order valence-corrected chi connectivity index (χ3v) is 6.12. The second kappa shape index (κ2) is 7.46. The van der Waals surface area contributed by atoms with Crippen LogP contribution in [0.5, 0.6) is 0 Å². The molecule has 0 spiro atoms. The molecule has 1 aliphatic heterocycles. The third kappa shape index (κ3) is 3.18. The molecule has 1 atom stereocenters. The zero-order chi connectivity index (χ0) is 21.7. The van der Waals surface area contributed by atoms with E-state index in [1.165, 1.54) is 6.07 Å². The predicted octanol–water partition coefficient (Wildman–Crippen LogP) is 3.31. The highest BCUT2D eigenvalue weighted by molar-refractivity contribution is 5.98. The van der Waals surface area contributed by atoms with E-state index in [9.17, 15) is 4.79 Å². The monoisotopic (exact) mass is 420 g/mol. The smallest absolute Gasteiger partial charge is 0.254 e. The number of rotatable bonds is 3. The van der Waals surface area contributed by atoms with Crippen LogP contribution >= 0.6 is 0 Å². The number of fused-ring (bicyclic) bond motifs is 2. The fourth-order valence-corrected chi connectivity index (χ4v) is 4.62. The van der Waals surface area contributed by atoms with E-state index in [0.717, 1.165) is 29.6 Å². The lowest BCUT2D eigenvalue weighted by Crippen LogP contribution is -2.45. The van der Waals surface area contributed by atoms with Crippen LogP contribution in [0, 0.1) is 5.82 Å². The van der Waals surface area contributed by atoms with Crippen molar-refractivity contribution in [3.05, 3.63) is 47.9 Å². The molecule has 8 heteroatoms. The van der Waals surface area contributed by atoms with Crippen LogP contribution in [-0.4, -0.2) is 49.0 Å². The van der Waals surface area contributed by atoms with Gasteiger partial charge in [0.1, 0.15) is 17.0 Å². The lowest BCUT2D eigenvalue weighted by Gasteiger charge is -2.30. The zero-order valence-electron chi connectivity index (χ0n) is 17.7. The second-order valence-corrected chi connectivity index (χ2v) is 8.16. The van der Waals surface area contributed by atoms with E-state index in [1.807, 2.05) is 25.1 Å². The number of benzene rings is 1. The first-order valence-corrected chi connectivity index (χ1v) is 10.6. The van der Waals surface area contributed by atoms with E-state index in [0.29, 0.717) is 42.1 Å². The fraction of sp³-hybridized carbons (Fsp3) is 0.348. The van der Waals surface area contributed by atoms with Crippen molar-refractivity contribution in [3.63, 3.8) is 0 Å². The molecule has 0 radical (unpaired) electrons. The Morgan fingerprint density at radius 3 is 2.94 bits per heavy atom. The predicted molar refractivity (Wildman–Crippen MR) is 118 cm³/mol. The standard InChI is InChI=1S/C23H25FN6O/c1-3-30-19(12-14-6-4-8-26-21(14)30)22-27-18-11-15(10-17(24)20(18)28(22)2)23(31)29-9-5-7-16(25)13-29/h4,6,8,10-12,16H,3,5,7,9,13,25H2,1-2H3. The van der Waals surface area contributed by atoms with E-state index in [4.69, 9.17) is 10.7 Å². The Morgan fingerprint density at radius 2 is 2.16 bits per heavy atom. The van der Waals surface area contributed by atoms with Crippen LogP contribution in [0.2, 0.25) is 0 Å². The van der Waals surface area contributed by atoms with Gasteiger partial charge in [0.05, 0.1) is 11.2 Å². The minimum absolute atomic E-state index is 0.0303. The van der Waals surface area contributed by atoms with Gasteiger partial charge in [-0.05, 0) is 50.1 Å². The summed E-state index contributed by atoms with van der Waals surface area (Å²) in [6, 6.07) is 8.88. The van der Waals surface area contributed by atoms with E-state index >= 15 is 4.39 Å². The largest absolute Gasteiger partial charge is 0.337 e. The van der Waals surface area contributed by atoms with Crippen LogP contribution in [0.3, 0.4) is 0 Å². The van der Waals surface area contributed by atoms with Crippen LogP contribution in [0.25, 0.3) is 33.6 Å². The number of hydrogen-bond donors (Lipinski definition) is 1. The zero-order valence-corrected chi connectivity index (χ0v) is 17.7. The average molecular weight is 420 g/mol. The van der Waals surface area contributed by atoms with Crippen LogP contribution in [0.15, 0.2) is 36.5 Å². The minimum Gasteiger partial charge on any atom is -0.337 e. The molecule has 1 aromatic carbocycles. The molecule has 0 saturated carbocycles. The lowest BCUT2D eigenvalue weighted by molar-refractivity contribution is 0.0708. The average Bonchev–Trinajstić information content (AvgIpc) is 3.30. The van der Waals surface area contributed by atoms with E-state index in [2.05, 4.69) is 9.55 Å². The number of aryl methyl sites for hydroxylation is 2. The number of hydrogen-bond acceptors (Lipinski definition) is 4. The quantitative estimate of drug-likeness (QED) is 0.551.